The first-order valence-electron chi connectivity index (χ1n) is 9.68. The lowest BCUT2D eigenvalue weighted by Crippen LogP contribution is -2.41. The van der Waals surface area contributed by atoms with Gasteiger partial charge in [0.2, 0.25) is 0 Å². The maximum absolute atomic E-state index is 11.7. The Hall–Kier alpha value is -2.55. The summed E-state index contributed by atoms with van der Waals surface area (Å²) in [5.74, 6) is 0. The number of nitrogens with zero attached hydrogens (tertiary/aromatic N) is 3. The van der Waals surface area contributed by atoms with Crippen LogP contribution in [0.2, 0.25) is 0 Å². The first-order valence-corrected chi connectivity index (χ1v) is 11.0. The lowest BCUT2D eigenvalue weighted by molar-refractivity contribution is -0.0336. The Balaban J connectivity index is 2.49. The molecule has 2 aromatic carbocycles. The molecule has 2 aromatic rings. The van der Waals surface area contributed by atoms with E-state index in [1.54, 1.807) is 29.2 Å². The average Bonchev–Trinajstić information content (AvgIpc) is 2.73. The summed E-state index contributed by atoms with van der Waals surface area (Å²) in [7, 11) is -3.34. The van der Waals surface area contributed by atoms with Crippen LogP contribution in [0.15, 0.2) is 60.7 Å². The lowest BCUT2D eigenvalue weighted by atomic mass is 10.0. The highest BCUT2D eigenvalue weighted by molar-refractivity contribution is 7.80. The minimum absolute atomic E-state index is 0.0107. The van der Waals surface area contributed by atoms with E-state index in [9.17, 15) is 18.5 Å². The Kier molecular flexibility index (Phi) is 9.16. The number of ether oxygens (including phenoxy) is 1. The van der Waals surface area contributed by atoms with E-state index < -0.39 is 22.7 Å². The van der Waals surface area contributed by atoms with Crippen molar-refractivity contribution in [3.8, 4) is 0 Å². The molecular weight excluding hydrogens is 406 g/mol. The molecule has 0 saturated carbocycles. The van der Waals surface area contributed by atoms with Crippen molar-refractivity contribution in [2.75, 3.05) is 12.0 Å². The van der Waals surface area contributed by atoms with E-state index in [1.807, 2.05) is 43.3 Å². The highest BCUT2D eigenvalue weighted by Gasteiger charge is 2.34. The molecule has 0 amide bonds. The molecule has 0 heterocycles. The van der Waals surface area contributed by atoms with Crippen LogP contribution in [0.1, 0.15) is 32.6 Å². The lowest BCUT2D eigenvalue weighted by Gasteiger charge is -2.33. The second kappa shape index (κ2) is 11.6. The highest BCUT2D eigenvalue weighted by Crippen LogP contribution is 2.31. The topological polar surface area (TPSA) is 112 Å². The van der Waals surface area contributed by atoms with Crippen LogP contribution in [0.3, 0.4) is 0 Å². The van der Waals surface area contributed by atoms with Gasteiger partial charge in [-0.25, -0.2) is 4.18 Å². The quantitative estimate of drug-likeness (QED) is 0.176. The van der Waals surface area contributed by atoms with Crippen molar-refractivity contribution in [1.82, 2.24) is 0 Å². The van der Waals surface area contributed by atoms with E-state index in [4.69, 9.17) is 8.92 Å². The minimum atomic E-state index is -4.79. The van der Waals surface area contributed by atoms with Gasteiger partial charge in [-0.1, -0.05) is 49.7 Å². The molecular formula is C21H27N3O5S. The number of methoxy groups -OCH3 is 1. The number of hydrogen-bond acceptors (Lipinski definition) is 5. The summed E-state index contributed by atoms with van der Waals surface area (Å²) in [6.45, 7) is 2.01. The zero-order chi connectivity index (χ0) is 22.0. The molecule has 0 aliphatic carbocycles. The van der Waals surface area contributed by atoms with Gasteiger partial charge >= 0.3 is 10.4 Å². The van der Waals surface area contributed by atoms with Gasteiger partial charge < -0.3 is 15.2 Å². The summed E-state index contributed by atoms with van der Waals surface area (Å²) in [6, 6.07) is 18.1. The molecule has 2 rings (SSSR count). The maximum atomic E-state index is 11.7. The molecule has 0 spiro atoms. The third kappa shape index (κ3) is 7.05. The van der Waals surface area contributed by atoms with Gasteiger partial charge in [0.1, 0.15) is 0 Å². The van der Waals surface area contributed by atoms with Crippen molar-refractivity contribution in [1.29, 1.82) is 0 Å². The second-order valence-corrected chi connectivity index (χ2v) is 7.72. The van der Waals surface area contributed by atoms with Crippen LogP contribution < -0.4 is 4.90 Å². The van der Waals surface area contributed by atoms with Crippen molar-refractivity contribution in [2.24, 2.45) is 0 Å². The molecule has 0 fully saturated rings. The number of hydrogen-bond donors (Lipinski definition) is 1. The van der Waals surface area contributed by atoms with Gasteiger partial charge in [0, 0.05) is 31.3 Å². The van der Waals surface area contributed by atoms with Crippen molar-refractivity contribution in [3.63, 3.8) is 0 Å². The fraction of sp³-hybridized carbons (Fsp3) is 0.381. The molecule has 0 saturated heterocycles. The third-order valence-corrected chi connectivity index (χ3v) is 5.04. The summed E-state index contributed by atoms with van der Waals surface area (Å²) in [6.07, 6.45) is 0.269. The Morgan fingerprint density at radius 2 is 1.63 bits per heavy atom. The Morgan fingerprint density at radius 3 is 2.03 bits per heavy atom. The van der Waals surface area contributed by atoms with E-state index in [-0.39, 0.29) is 6.42 Å². The van der Waals surface area contributed by atoms with Gasteiger partial charge in [-0.15, -0.1) is 0 Å². The van der Waals surface area contributed by atoms with E-state index in [0.29, 0.717) is 23.5 Å². The zero-order valence-electron chi connectivity index (χ0n) is 17.1. The fourth-order valence-corrected chi connectivity index (χ4v) is 3.62. The average molecular weight is 434 g/mol. The van der Waals surface area contributed by atoms with Crippen LogP contribution in [0, 0.1) is 0 Å². The molecule has 2 atom stereocenters. The fourth-order valence-electron chi connectivity index (χ4n) is 3.17. The number of benzene rings is 2. The molecule has 0 bridgehead atoms. The predicted octanol–water partition coefficient (Wildman–Crippen LogP) is 4.24. The van der Waals surface area contributed by atoms with Gasteiger partial charge in [-0.2, -0.15) is 13.2 Å². The van der Waals surface area contributed by atoms with Crippen molar-refractivity contribution in [2.45, 2.75) is 44.9 Å². The summed E-state index contributed by atoms with van der Waals surface area (Å²) in [5.41, 5.74) is 11.1. The number of anilines is 2. The SMILES string of the molecule is CCCCC(=[N+]=[N-])C(CC(OS(=O)(=O)O)N(c1ccccc1)c1ccccc1)OC. The zero-order valence-corrected chi connectivity index (χ0v) is 17.9. The van der Waals surface area contributed by atoms with Crippen LogP contribution in [-0.2, 0) is 19.3 Å². The van der Waals surface area contributed by atoms with E-state index in [1.165, 1.54) is 7.11 Å². The number of rotatable bonds is 12. The molecule has 2 unspecified atom stereocenters. The molecule has 0 aromatic heterocycles. The van der Waals surface area contributed by atoms with Crippen molar-refractivity contribution >= 4 is 27.5 Å². The minimum Gasteiger partial charge on any atom is -0.369 e. The number of unbranched alkanes of at least 4 members (excludes halogenated alkanes) is 1. The number of para-hydroxylation sites is 2. The summed E-state index contributed by atoms with van der Waals surface area (Å²) >= 11 is 0. The van der Waals surface area contributed by atoms with E-state index >= 15 is 0 Å². The molecule has 162 valence electrons. The van der Waals surface area contributed by atoms with E-state index in [2.05, 4.69) is 4.79 Å². The standard InChI is InChI=1S/C21H27N3O5S/c1-3-4-15-19(23-22)20(28-2)16-21(29-30(25,26)27)24(17-11-7-5-8-12-17)18-13-9-6-10-14-18/h5-14,20-21H,3-4,15-16H2,1-2H3,(H,25,26,27). The molecule has 30 heavy (non-hydrogen) atoms. The van der Waals surface area contributed by atoms with Crippen LogP contribution in [-0.4, -0.2) is 42.9 Å². The monoisotopic (exact) mass is 433 g/mol. The summed E-state index contributed by atoms with van der Waals surface area (Å²) in [4.78, 5) is 5.00. The highest BCUT2D eigenvalue weighted by atomic mass is 32.3. The van der Waals surface area contributed by atoms with Crippen LogP contribution in [0.25, 0.3) is 5.53 Å². The van der Waals surface area contributed by atoms with E-state index in [0.717, 1.165) is 12.8 Å². The molecule has 0 aliphatic heterocycles. The van der Waals surface area contributed by atoms with Crippen molar-refractivity contribution < 1.29 is 26.7 Å². The van der Waals surface area contributed by atoms with Gasteiger partial charge in [0.05, 0.1) is 0 Å². The second-order valence-electron chi connectivity index (χ2n) is 6.67. The van der Waals surface area contributed by atoms with Crippen LogP contribution in [0.5, 0.6) is 0 Å². The molecule has 9 heteroatoms. The smallest absolute Gasteiger partial charge is 0.369 e. The van der Waals surface area contributed by atoms with Gasteiger partial charge in [-0.3, -0.25) is 4.55 Å². The van der Waals surface area contributed by atoms with Gasteiger partial charge in [-0.05, 0) is 30.7 Å². The summed E-state index contributed by atoms with van der Waals surface area (Å²) < 4.78 is 43.4. The molecule has 8 nitrogen and oxygen atoms in total. The largest absolute Gasteiger partial charge is 0.399 e. The molecule has 0 aliphatic rings. The maximum Gasteiger partial charge on any atom is 0.399 e. The molecule has 0 radical (unpaired) electrons. The predicted molar refractivity (Wildman–Crippen MR) is 115 cm³/mol. The summed E-state index contributed by atoms with van der Waals surface area (Å²) in [5, 5.41) is 0. The Morgan fingerprint density at radius 1 is 1.10 bits per heavy atom. The first-order chi connectivity index (χ1) is 14.4. The van der Waals surface area contributed by atoms with Crippen LogP contribution in [0.4, 0.5) is 11.4 Å². The Bertz CT molecular complexity index is 892. The normalized spacial score (nSPS) is 13.3. The third-order valence-electron chi connectivity index (χ3n) is 4.58. The first kappa shape index (κ1) is 23.7. The van der Waals surface area contributed by atoms with Crippen LogP contribution >= 0.6 is 0 Å². The molecule has 1 N–H and O–H groups in total. The van der Waals surface area contributed by atoms with Gasteiger partial charge in [0.25, 0.3) is 5.71 Å². The van der Waals surface area contributed by atoms with Crippen molar-refractivity contribution in [3.05, 3.63) is 66.2 Å². The van der Waals surface area contributed by atoms with Gasteiger partial charge in [0.15, 0.2) is 12.3 Å². The Labute approximate surface area is 177 Å².